The fraction of sp³-hybridized carbons (Fsp3) is 0.250. The third kappa shape index (κ3) is 4.23. The van der Waals surface area contributed by atoms with Crippen molar-refractivity contribution in [2.75, 3.05) is 30.6 Å². The highest BCUT2D eigenvalue weighted by molar-refractivity contribution is 7.98. The lowest BCUT2D eigenvalue weighted by Crippen LogP contribution is -2.39. The van der Waals surface area contributed by atoms with Crippen LogP contribution in [0, 0.1) is 0 Å². The summed E-state index contributed by atoms with van der Waals surface area (Å²) < 4.78 is 1.87. The first-order chi connectivity index (χ1) is 10.1. The summed E-state index contributed by atoms with van der Waals surface area (Å²) in [6.07, 6.45) is 5.82. The highest BCUT2D eigenvalue weighted by Gasteiger charge is 2.11. The topological polar surface area (TPSA) is 36.2 Å². The van der Waals surface area contributed by atoms with Crippen LogP contribution in [0.4, 0.5) is 11.4 Å². The third-order valence-corrected chi connectivity index (χ3v) is 3.89. The van der Waals surface area contributed by atoms with E-state index in [1.165, 1.54) is 0 Å². The highest BCUT2D eigenvalue weighted by Crippen LogP contribution is 2.24. The number of pyridine rings is 1. The Kier molecular flexibility index (Phi) is 5.22. The number of hydrogen-bond acceptors (Lipinski definition) is 3. The number of nitrogens with zero attached hydrogens (tertiary/aromatic N) is 2. The van der Waals surface area contributed by atoms with Crippen molar-refractivity contribution in [3.8, 4) is 0 Å². The van der Waals surface area contributed by atoms with Gasteiger partial charge in [-0.05, 0) is 18.4 Å². The lowest BCUT2D eigenvalue weighted by molar-refractivity contribution is -0.684. The summed E-state index contributed by atoms with van der Waals surface area (Å²) >= 11 is 1.62. The summed E-state index contributed by atoms with van der Waals surface area (Å²) in [4.78, 5) is 15.2. The maximum Gasteiger partial charge on any atom is 0.290 e. The van der Waals surface area contributed by atoms with Crippen molar-refractivity contribution in [2.24, 2.45) is 0 Å². The van der Waals surface area contributed by atoms with E-state index in [1.54, 1.807) is 11.8 Å². The SMILES string of the molecule is CSc1ccccc1NC(=O)C[n+]1ccc(N(C)C)cc1. The van der Waals surface area contributed by atoms with Crippen molar-refractivity contribution in [1.82, 2.24) is 0 Å². The fourth-order valence-electron chi connectivity index (χ4n) is 1.96. The van der Waals surface area contributed by atoms with Gasteiger partial charge in [0.05, 0.1) is 5.69 Å². The van der Waals surface area contributed by atoms with Crippen LogP contribution < -0.4 is 14.8 Å². The Morgan fingerprint density at radius 1 is 1.19 bits per heavy atom. The molecule has 1 aromatic carbocycles. The molecule has 1 heterocycles. The Labute approximate surface area is 129 Å². The molecule has 0 aliphatic heterocycles. The van der Waals surface area contributed by atoms with Gasteiger partial charge in [0.25, 0.3) is 5.91 Å². The van der Waals surface area contributed by atoms with Crippen molar-refractivity contribution >= 4 is 29.0 Å². The minimum atomic E-state index is -0.0286. The quantitative estimate of drug-likeness (QED) is 0.680. The van der Waals surface area contributed by atoms with Gasteiger partial charge >= 0.3 is 0 Å². The van der Waals surface area contributed by atoms with Gasteiger partial charge in [0.15, 0.2) is 12.4 Å². The van der Waals surface area contributed by atoms with E-state index in [0.29, 0.717) is 6.54 Å². The van der Waals surface area contributed by atoms with E-state index < -0.39 is 0 Å². The normalized spacial score (nSPS) is 10.2. The molecule has 0 aliphatic carbocycles. The van der Waals surface area contributed by atoms with E-state index >= 15 is 0 Å². The number of nitrogens with one attached hydrogen (secondary N) is 1. The molecule has 110 valence electrons. The molecule has 0 saturated carbocycles. The molecule has 0 bridgehead atoms. The zero-order valence-corrected chi connectivity index (χ0v) is 13.4. The molecule has 1 aromatic heterocycles. The van der Waals surface area contributed by atoms with Crippen LogP contribution in [0.5, 0.6) is 0 Å². The molecular formula is C16H20N3OS+. The summed E-state index contributed by atoms with van der Waals surface area (Å²) in [6.45, 7) is 0.302. The van der Waals surface area contributed by atoms with E-state index in [2.05, 4.69) is 5.32 Å². The van der Waals surface area contributed by atoms with E-state index in [9.17, 15) is 4.79 Å². The molecule has 1 N–H and O–H groups in total. The number of carbonyl (C=O) groups excluding carboxylic acids is 1. The molecule has 0 radical (unpaired) electrons. The van der Waals surface area contributed by atoms with E-state index in [-0.39, 0.29) is 5.91 Å². The van der Waals surface area contributed by atoms with Crippen molar-refractivity contribution < 1.29 is 9.36 Å². The minimum absolute atomic E-state index is 0.0286. The molecule has 2 rings (SSSR count). The monoisotopic (exact) mass is 302 g/mol. The van der Waals surface area contributed by atoms with Gasteiger partial charge in [-0.2, -0.15) is 4.57 Å². The molecule has 0 aliphatic rings. The number of benzene rings is 1. The van der Waals surface area contributed by atoms with Crippen LogP contribution in [0.25, 0.3) is 0 Å². The average molecular weight is 302 g/mol. The Balaban J connectivity index is 2.01. The molecule has 0 spiro atoms. The van der Waals surface area contributed by atoms with Crippen molar-refractivity contribution in [3.05, 3.63) is 48.8 Å². The largest absolute Gasteiger partial charge is 0.377 e. The van der Waals surface area contributed by atoms with Crippen LogP contribution >= 0.6 is 11.8 Å². The number of carbonyl (C=O) groups is 1. The summed E-state index contributed by atoms with van der Waals surface area (Å²) in [5.74, 6) is -0.0286. The standard InChI is InChI=1S/C16H19N3OS/c1-18(2)13-8-10-19(11-9-13)12-16(20)17-14-6-4-5-7-15(14)21-3/h4-11H,12H2,1-3H3/p+1. The molecule has 0 atom stereocenters. The predicted octanol–water partition coefficient (Wildman–Crippen LogP) is 2.40. The molecule has 1 amide bonds. The molecule has 0 saturated heterocycles. The first kappa shape index (κ1) is 15.4. The molecule has 0 unspecified atom stereocenters. The van der Waals surface area contributed by atoms with Crippen LogP contribution in [0.2, 0.25) is 0 Å². The van der Waals surface area contributed by atoms with E-state index in [0.717, 1.165) is 16.3 Å². The van der Waals surface area contributed by atoms with Crippen molar-refractivity contribution in [1.29, 1.82) is 0 Å². The second-order valence-corrected chi connectivity index (χ2v) is 5.72. The van der Waals surface area contributed by atoms with Gasteiger partial charge in [-0.15, -0.1) is 11.8 Å². The Morgan fingerprint density at radius 2 is 1.86 bits per heavy atom. The van der Waals surface area contributed by atoms with Crippen LogP contribution in [-0.4, -0.2) is 26.3 Å². The molecule has 4 nitrogen and oxygen atoms in total. The summed E-state index contributed by atoms with van der Waals surface area (Å²) in [6, 6.07) is 11.8. The molecule has 0 fully saturated rings. The third-order valence-electron chi connectivity index (χ3n) is 3.10. The maximum atomic E-state index is 12.1. The number of amides is 1. The predicted molar refractivity (Wildman–Crippen MR) is 87.8 cm³/mol. The first-order valence-electron chi connectivity index (χ1n) is 6.69. The lowest BCUT2D eigenvalue weighted by Gasteiger charge is -2.10. The van der Waals surface area contributed by atoms with Gasteiger partial charge in [0, 0.05) is 36.8 Å². The number of aromatic nitrogens is 1. The van der Waals surface area contributed by atoms with Crippen molar-refractivity contribution in [2.45, 2.75) is 11.4 Å². The van der Waals surface area contributed by atoms with Crippen LogP contribution in [0.15, 0.2) is 53.7 Å². The maximum absolute atomic E-state index is 12.1. The van der Waals surface area contributed by atoms with Gasteiger partial charge < -0.3 is 10.2 Å². The van der Waals surface area contributed by atoms with Crippen molar-refractivity contribution in [3.63, 3.8) is 0 Å². The summed E-state index contributed by atoms with van der Waals surface area (Å²) in [5, 5.41) is 2.96. The minimum Gasteiger partial charge on any atom is -0.377 e. The molecule has 2 aromatic rings. The lowest BCUT2D eigenvalue weighted by atomic mass is 10.3. The number of rotatable bonds is 5. The molecule has 21 heavy (non-hydrogen) atoms. The number of para-hydroxylation sites is 1. The van der Waals surface area contributed by atoms with E-state index in [1.807, 2.05) is 78.6 Å². The molecular weight excluding hydrogens is 282 g/mol. The second-order valence-electron chi connectivity index (χ2n) is 4.87. The zero-order valence-electron chi connectivity index (χ0n) is 12.5. The Bertz CT molecular complexity index is 611. The second kappa shape index (κ2) is 7.13. The number of anilines is 2. The zero-order chi connectivity index (χ0) is 15.2. The molecule has 5 heteroatoms. The Hall–Kier alpha value is -2.01. The number of thioether (sulfide) groups is 1. The smallest absolute Gasteiger partial charge is 0.290 e. The first-order valence-corrected chi connectivity index (χ1v) is 7.92. The van der Waals surface area contributed by atoms with Gasteiger partial charge in [-0.3, -0.25) is 4.79 Å². The van der Waals surface area contributed by atoms with Crippen LogP contribution in [0.1, 0.15) is 0 Å². The fourth-order valence-corrected chi connectivity index (χ4v) is 2.51. The van der Waals surface area contributed by atoms with Crippen LogP contribution in [-0.2, 0) is 11.3 Å². The van der Waals surface area contributed by atoms with Gasteiger partial charge in [0.1, 0.15) is 0 Å². The Morgan fingerprint density at radius 3 is 2.48 bits per heavy atom. The average Bonchev–Trinajstić information content (AvgIpc) is 2.48. The van der Waals surface area contributed by atoms with E-state index in [4.69, 9.17) is 0 Å². The number of hydrogen-bond donors (Lipinski definition) is 1. The highest BCUT2D eigenvalue weighted by atomic mass is 32.2. The van der Waals surface area contributed by atoms with Gasteiger partial charge in [-0.1, -0.05) is 12.1 Å². The van der Waals surface area contributed by atoms with Gasteiger partial charge in [0.2, 0.25) is 6.54 Å². The summed E-state index contributed by atoms with van der Waals surface area (Å²) in [5.41, 5.74) is 1.97. The summed E-state index contributed by atoms with van der Waals surface area (Å²) in [7, 11) is 3.98. The van der Waals surface area contributed by atoms with Crippen LogP contribution in [0.3, 0.4) is 0 Å². The van der Waals surface area contributed by atoms with Gasteiger partial charge in [-0.25, -0.2) is 0 Å².